The zero-order valence-electron chi connectivity index (χ0n) is 23.1. The maximum atomic E-state index is 14.5. The second-order valence-electron chi connectivity index (χ2n) is 12.0. The number of likely N-dealkylation sites (tertiary alicyclic amines) is 1. The summed E-state index contributed by atoms with van der Waals surface area (Å²) in [6.45, 7) is 13.7. The quantitative estimate of drug-likeness (QED) is 0.314. The van der Waals surface area contributed by atoms with Crippen LogP contribution < -0.4 is 5.32 Å². The van der Waals surface area contributed by atoms with Crippen molar-refractivity contribution < 1.29 is 14.4 Å². The number of carbonyl (C=O) groups excluding carboxylic acids is 3. The summed E-state index contributed by atoms with van der Waals surface area (Å²) in [5, 5.41) is 3.68. The Kier molecular flexibility index (Phi) is 9.39. The summed E-state index contributed by atoms with van der Waals surface area (Å²) in [6.07, 6.45) is 14.1. The molecule has 1 amide bonds. The number of carbonyl (C=O) groups is 3. The van der Waals surface area contributed by atoms with Gasteiger partial charge in [0.25, 0.3) is 0 Å². The Morgan fingerprint density at radius 2 is 1.49 bits per heavy atom. The molecule has 198 valence electrons. The highest BCUT2D eigenvalue weighted by Gasteiger charge is 2.57. The highest BCUT2D eigenvalue weighted by molar-refractivity contribution is 6.01. The van der Waals surface area contributed by atoms with Gasteiger partial charge < -0.3 is 10.2 Å². The monoisotopic (exact) mass is 486 g/mol. The fraction of sp³-hybridized carbons (Fsp3) is 0.833. The topological polar surface area (TPSA) is 66.5 Å². The van der Waals surface area contributed by atoms with Crippen molar-refractivity contribution in [2.45, 2.75) is 148 Å². The van der Waals surface area contributed by atoms with Gasteiger partial charge in [-0.3, -0.25) is 14.4 Å². The van der Waals surface area contributed by atoms with Gasteiger partial charge in [-0.1, -0.05) is 71.8 Å². The molecule has 1 aliphatic heterocycles. The van der Waals surface area contributed by atoms with E-state index >= 15 is 0 Å². The molecule has 5 heteroatoms. The molecule has 2 unspecified atom stereocenters. The number of β-lactam (4-membered cyclic amide) rings is 1. The van der Waals surface area contributed by atoms with Crippen molar-refractivity contribution in [3.63, 3.8) is 0 Å². The van der Waals surface area contributed by atoms with E-state index in [2.05, 4.69) is 18.8 Å². The van der Waals surface area contributed by atoms with Gasteiger partial charge in [0.15, 0.2) is 11.6 Å². The highest BCUT2D eigenvalue weighted by Crippen LogP contribution is 2.44. The van der Waals surface area contributed by atoms with Crippen LogP contribution in [0.25, 0.3) is 0 Å². The predicted octanol–water partition coefficient (Wildman–Crippen LogP) is 6.15. The normalized spacial score (nSPS) is 31.3. The number of nitrogens with one attached hydrogen (secondary N) is 1. The Labute approximate surface area is 213 Å². The molecule has 0 bridgehead atoms. The lowest BCUT2D eigenvalue weighted by molar-refractivity contribution is -0.176. The number of hydrogen-bond donors (Lipinski definition) is 1. The molecule has 1 saturated heterocycles. The van der Waals surface area contributed by atoms with E-state index in [1.54, 1.807) is 6.92 Å². The van der Waals surface area contributed by atoms with Gasteiger partial charge in [0, 0.05) is 18.0 Å². The lowest BCUT2D eigenvalue weighted by Gasteiger charge is -2.57. The molecule has 3 aliphatic rings. The molecular weight excluding hydrogens is 436 g/mol. The summed E-state index contributed by atoms with van der Waals surface area (Å²) in [4.78, 5) is 43.0. The van der Waals surface area contributed by atoms with E-state index < -0.39 is 11.1 Å². The Bertz CT molecular complexity index is 807. The molecule has 0 aromatic heterocycles. The lowest BCUT2D eigenvalue weighted by atomic mass is 9.69. The zero-order valence-corrected chi connectivity index (χ0v) is 23.1. The Morgan fingerprint density at radius 3 is 2.06 bits per heavy atom. The largest absolute Gasteiger partial charge is 0.326 e. The molecular formula is C30H50N2O3. The van der Waals surface area contributed by atoms with E-state index in [-0.39, 0.29) is 41.4 Å². The van der Waals surface area contributed by atoms with Crippen LogP contribution >= 0.6 is 0 Å². The fourth-order valence-electron chi connectivity index (χ4n) is 6.97. The van der Waals surface area contributed by atoms with Crippen LogP contribution in [0.5, 0.6) is 0 Å². The molecule has 0 spiro atoms. The third-order valence-corrected chi connectivity index (χ3v) is 9.57. The van der Waals surface area contributed by atoms with Gasteiger partial charge in [-0.05, 0) is 64.9 Å². The number of hydrogen-bond acceptors (Lipinski definition) is 4. The van der Waals surface area contributed by atoms with Crippen LogP contribution in [-0.4, -0.2) is 45.5 Å². The summed E-state index contributed by atoms with van der Waals surface area (Å²) in [5.41, 5.74) is -0.952. The van der Waals surface area contributed by atoms with Gasteiger partial charge in [-0.15, -0.1) is 0 Å². The molecule has 5 nitrogen and oxygen atoms in total. The molecule has 2 aliphatic carbocycles. The zero-order chi connectivity index (χ0) is 25.8. The minimum absolute atomic E-state index is 0.0294. The first kappa shape index (κ1) is 28.1. The van der Waals surface area contributed by atoms with Crippen molar-refractivity contribution >= 4 is 17.5 Å². The molecule has 3 rings (SSSR count). The van der Waals surface area contributed by atoms with Crippen molar-refractivity contribution in [1.29, 1.82) is 0 Å². The summed E-state index contributed by atoms with van der Waals surface area (Å²) in [7, 11) is 0. The van der Waals surface area contributed by atoms with Crippen LogP contribution in [0, 0.1) is 11.8 Å². The maximum Gasteiger partial charge on any atom is 0.228 e. The average molecular weight is 487 g/mol. The van der Waals surface area contributed by atoms with E-state index in [0.717, 1.165) is 64.2 Å². The van der Waals surface area contributed by atoms with Gasteiger partial charge in [0.05, 0.1) is 17.0 Å². The first-order valence-corrected chi connectivity index (χ1v) is 14.5. The molecule has 0 aromatic carbocycles. The number of nitrogens with zero attached hydrogens (tertiary/aromatic N) is 1. The summed E-state index contributed by atoms with van der Waals surface area (Å²) < 4.78 is 0. The van der Waals surface area contributed by atoms with Gasteiger partial charge in [-0.25, -0.2) is 0 Å². The van der Waals surface area contributed by atoms with Gasteiger partial charge >= 0.3 is 0 Å². The summed E-state index contributed by atoms with van der Waals surface area (Å²) in [6, 6.07) is 0.147. The minimum atomic E-state index is -0.776. The molecule has 2 saturated carbocycles. The van der Waals surface area contributed by atoms with Crippen LogP contribution in [0.2, 0.25) is 0 Å². The number of rotatable bonds is 9. The van der Waals surface area contributed by atoms with Crippen LogP contribution in [0.4, 0.5) is 0 Å². The van der Waals surface area contributed by atoms with Crippen molar-refractivity contribution in [3.8, 4) is 0 Å². The Morgan fingerprint density at radius 1 is 0.914 bits per heavy atom. The standard InChI is InChI=1S/C30H50N2O3/c1-7-29(5,26(33)21(3)4)31-24-19-15-11-9-13-17-22(24)27(34)30(6,8-2)32-25-20-16-12-10-14-18-23(25)28(32)35/h22-25,31H,3,7-20H2,1-2,4-6H3/t22-,23-,24+,25+,29?,30?/m1/s1. The van der Waals surface area contributed by atoms with Gasteiger partial charge in [0.1, 0.15) is 0 Å². The molecule has 3 fully saturated rings. The molecule has 6 atom stereocenters. The Hall–Kier alpha value is -1.49. The first-order valence-electron chi connectivity index (χ1n) is 14.5. The van der Waals surface area contributed by atoms with Crippen molar-refractivity contribution in [3.05, 3.63) is 12.2 Å². The van der Waals surface area contributed by atoms with Crippen molar-refractivity contribution in [1.82, 2.24) is 10.2 Å². The number of fused-ring (bicyclic) bond motifs is 1. The third kappa shape index (κ3) is 5.60. The summed E-state index contributed by atoms with van der Waals surface area (Å²) >= 11 is 0. The fourth-order valence-corrected chi connectivity index (χ4v) is 6.97. The minimum Gasteiger partial charge on any atom is -0.326 e. The molecule has 0 radical (unpaired) electrons. The van der Waals surface area contributed by atoms with Gasteiger partial charge in [0.2, 0.25) is 5.91 Å². The molecule has 1 N–H and O–H groups in total. The Balaban J connectivity index is 1.90. The van der Waals surface area contributed by atoms with Crippen molar-refractivity contribution in [2.24, 2.45) is 11.8 Å². The smallest absolute Gasteiger partial charge is 0.228 e. The molecule has 1 heterocycles. The van der Waals surface area contributed by atoms with Crippen molar-refractivity contribution in [2.75, 3.05) is 0 Å². The van der Waals surface area contributed by atoms with E-state index in [1.165, 1.54) is 12.8 Å². The number of amides is 1. The van der Waals surface area contributed by atoms with Crippen LogP contribution in [0.3, 0.4) is 0 Å². The lowest BCUT2D eigenvalue weighted by Crippen LogP contribution is -2.72. The third-order valence-electron chi connectivity index (χ3n) is 9.57. The van der Waals surface area contributed by atoms with E-state index in [0.29, 0.717) is 18.4 Å². The summed E-state index contributed by atoms with van der Waals surface area (Å²) in [5.74, 6) is 0.346. The molecule has 0 aromatic rings. The van der Waals surface area contributed by atoms with Crippen LogP contribution in [0.1, 0.15) is 125 Å². The number of Topliss-reactive ketones (excluding diaryl/α,β-unsaturated/α-hetero) is 2. The second kappa shape index (κ2) is 11.7. The van der Waals surface area contributed by atoms with E-state index in [9.17, 15) is 14.4 Å². The molecule has 35 heavy (non-hydrogen) atoms. The van der Waals surface area contributed by atoms with E-state index in [4.69, 9.17) is 0 Å². The number of ketones is 2. The van der Waals surface area contributed by atoms with Crippen LogP contribution in [0.15, 0.2) is 12.2 Å². The average Bonchev–Trinajstić information content (AvgIpc) is 2.81. The van der Waals surface area contributed by atoms with Gasteiger partial charge in [-0.2, -0.15) is 0 Å². The van der Waals surface area contributed by atoms with E-state index in [1.807, 2.05) is 25.7 Å². The SMILES string of the molecule is C=C(C)C(=O)C(C)(CC)N[C@H]1CCCCCC[C@H]1C(=O)C(C)(CC)N1C(=O)[C@@H]2CCCCCC[C@@H]21. The second-order valence-corrected chi connectivity index (χ2v) is 12.0. The maximum absolute atomic E-state index is 14.5. The first-order chi connectivity index (χ1) is 16.6. The van der Waals surface area contributed by atoms with Crippen LogP contribution in [-0.2, 0) is 14.4 Å². The highest BCUT2D eigenvalue weighted by atomic mass is 16.2. The predicted molar refractivity (Wildman–Crippen MR) is 142 cm³/mol.